The van der Waals surface area contributed by atoms with Gasteiger partial charge >= 0.3 is 0 Å². The van der Waals surface area contributed by atoms with Gasteiger partial charge in [-0.2, -0.15) is 0 Å². The zero-order valence-corrected chi connectivity index (χ0v) is 8.54. The van der Waals surface area contributed by atoms with Gasteiger partial charge in [-0.05, 0) is 36.1 Å². The van der Waals surface area contributed by atoms with E-state index >= 15 is 0 Å². The van der Waals surface area contributed by atoms with Crippen LogP contribution in [0.15, 0.2) is 35.8 Å². The fourth-order valence-corrected chi connectivity index (χ4v) is 2.09. The molecular weight excluding hydrogens is 194 g/mol. The maximum absolute atomic E-state index is 11.9. The molecule has 0 unspecified atom stereocenters. The molecule has 2 aromatic rings. The lowest BCUT2D eigenvalue weighted by Gasteiger charge is -1.97. The first-order chi connectivity index (χ1) is 6.79. The van der Waals surface area contributed by atoms with Crippen molar-refractivity contribution in [1.82, 2.24) is 4.98 Å². The molecule has 0 fully saturated rings. The average Bonchev–Trinajstić information content (AvgIpc) is 2.65. The van der Waals surface area contributed by atoms with Crippen molar-refractivity contribution in [3.8, 4) is 0 Å². The van der Waals surface area contributed by atoms with E-state index in [1.807, 2.05) is 24.4 Å². The molecule has 0 amide bonds. The van der Waals surface area contributed by atoms with Crippen molar-refractivity contribution >= 4 is 17.1 Å². The van der Waals surface area contributed by atoms with Gasteiger partial charge in [0.2, 0.25) is 5.78 Å². The lowest BCUT2D eigenvalue weighted by atomic mass is 10.1. The molecule has 0 spiro atoms. The zero-order valence-electron chi connectivity index (χ0n) is 7.73. The molecule has 2 rings (SSSR count). The highest BCUT2D eigenvalue weighted by Gasteiger charge is 2.13. The lowest BCUT2D eigenvalue weighted by Crippen LogP contribution is -2.02. The van der Waals surface area contributed by atoms with Crippen LogP contribution in [0, 0.1) is 6.92 Å². The summed E-state index contributed by atoms with van der Waals surface area (Å²) in [6.45, 7) is 1.94. The van der Waals surface area contributed by atoms with E-state index in [0.717, 1.165) is 10.4 Å². The second-order valence-electron chi connectivity index (χ2n) is 2.98. The molecule has 70 valence electrons. The van der Waals surface area contributed by atoms with Crippen LogP contribution < -0.4 is 0 Å². The number of aryl methyl sites for hydroxylation is 1. The molecule has 2 aromatic heterocycles. The van der Waals surface area contributed by atoms with Gasteiger partial charge in [0.05, 0.1) is 4.88 Å². The molecule has 0 radical (unpaired) electrons. The number of rotatable bonds is 2. The molecule has 2 heterocycles. The molecule has 0 N–H and O–H groups in total. The third-order valence-corrected chi connectivity index (χ3v) is 2.98. The highest BCUT2D eigenvalue weighted by atomic mass is 32.1. The van der Waals surface area contributed by atoms with E-state index < -0.39 is 0 Å². The van der Waals surface area contributed by atoms with Gasteiger partial charge in [-0.3, -0.25) is 9.78 Å². The highest BCUT2D eigenvalue weighted by Crippen LogP contribution is 2.18. The molecule has 2 nitrogen and oxygen atoms in total. The van der Waals surface area contributed by atoms with Gasteiger partial charge in [0.15, 0.2) is 0 Å². The molecule has 0 saturated carbocycles. The third-order valence-electron chi connectivity index (χ3n) is 1.97. The van der Waals surface area contributed by atoms with E-state index in [9.17, 15) is 4.79 Å². The minimum absolute atomic E-state index is 0.0121. The quantitative estimate of drug-likeness (QED) is 0.702. The van der Waals surface area contributed by atoms with Crippen molar-refractivity contribution in [2.45, 2.75) is 6.92 Å². The molecule has 14 heavy (non-hydrogen) atoms. The van der Waals surface area contributed by atoms with Crippen molar-refractivity contribution in [3.05, 3.63) is 52.0 Å². The molecule has 3 heteroatoms. The largest absolute Gasteiger partial charge is 0.286 e. The molecule has 0 atom stereocenters. The number of ketones is 1. The summed E-state index contributed by atoms with van der Waals surface area (Å²) in [4.78, 5) is 16.7. The highest BCUT2D eigenvalue weighted by molar-refractivity contribution is 7.12. The Morgan fingerprint density at radius 1 is 1.36 bits per heavy atom. The number of thiophene rings is 1. The first kappa shape index (κ1) is 9.09. The van der Waals surface area contributed by atoms with E-state index in [1.54, 1.807) is 18.3 Å². The molecule has 0 aromatic carbocycles. The molecule has 0 aliphatic rings. The maximum Gasteiger partial charge on any atom is 0.221 e. The van der Waals surface area contributed by atoms with Crippen LogP contribution in [0.4, 0.5) is 0 Å². The number of aromatic nitrogens is 1. The number of nitrogens with zero attached hydrogens (tertiary/aromatic N) is 1. The Labute approximate surface area is 86.2 Å². The standard InChI is InChI=1S/C11H9NOS/c1-8-5-7-14-11(8)10(13)9-4-2-3-6-12-9/h2-7H,1H3. The number of carbonyl (C=O) groups excluding carboxylic acids is 1. The van der Waals surface area contributed by atoms with Crippen LogP contribution in [-0.2, 0) is 0 Å². The lowest BCUT2D eigenvalue weighted by molar-refractivity contribution is 0.103. The first-order valence-electron chi connectivity index (χ1n) is 4.29. The minimum Gasteiger partial charge on any atom is -0.286 e. The third kappa shape index (κ3) is 1.59. The maximum atomic E-state index is 11.9. The van der Waals surface area contributed by atoms with Crippen LogP contribution in [0.5, 0.6) is 0 Å². The Bertz CT molecular complexity index is 447. The smallest absolute Gasteiger partial charge is 0.221 e. The van der Waals surface area contributed by atoms with Gasteiger partial charge in [-0.25, -0.2) is 0 Å². The van der Waals surface area contributed by atoms with Crippen LogP contribution >= 0.6 is 11.3 Å². The van der Waals surface area contributed by atoms with E-state index in [-0.39, 0.29) is 5.78 Å². The van der Waals surface area contributed by atoms with E-state index in [4.69, 9.17) is 0 Å². The van der Waals surface area contributed by atoms with Crippen LogP contribution in [0.2, 0.25) is 0 Å². The summed E-state index contributed by atoms with van der Waals surface area (Å²) in [5.41, 5.74) is 1.53. The monoisotopic (exact) mass is 203 g/mol. The van der Waals surface area contributed by atoms with Crippen molar-refractivity contribution < 1.29 is 4.79 Å². The summed E-state index contributed by atoms with van der Waals surface area (Å²) in [5, 5.41) is 1.92. The molecule has 0 aliphatic heterocycles. The Morgan fingerprint density at radius 3 is 2.79 bits per heavy atom. The second kappa shape index (κ2) is 3.72. The van der Waals surface area contributed by atoms with Crippen molar-refractivity contribution in [2.24, 2.45) is 0 Å². The normalized spacial score (nSPS) is 10.1. The fraction of sp³-hybridized carbons (Fsp3) is 0.0909. The van der Waals surface area contributed by atoms with E-state index in [2.05, 4.69) is 4.98 Å². The summed E-state index contributed by atoms with van der Waals surface area (Å²) < 4.78 is 0. The van der Waals surface area contributed by atoms with Crippen molar-refractivity contribution in [3.63, 3.8) is 0 Å². The van der Waals surface area contributed by atoms with Crippen LogP contribution in [0.1, 0.15) is 20.9 Å². The second-order valence-corrected chi connectivity index (χ2v) is 3.89. The van der Waals surface area contributed by atoms with Gasteiger partial charge in [-0.1, -0.05) is 6.07 Å². The van der Waals surface area contributed by atoms with Crippen LogP contribution in [-0.4, -0.2) is 10.8 Å². The topological polar surface area (TPSA) is 30.0 Å². The average molecular weight is 203 g/mol. The van der Waals surface area contributed by atoms with Crippen LogP contribution in [0.3, 0.4) is 0 Å². The summed E-state index contributed by atoms with van der Waals surface area (Å²) in [6.07, 6.45) is 1.64. The molecule has 0 aliphatic carbocycles. The van der Waals surface area contributed by atoms with Gasteiger partial charge < -0.3 is 0 Å². The number of carbonyl (C=O) groups is 1. The number of pyridine rings is 1. The SMILES string of the molecule is Cc1ccsc1C(=O)c1ccccn1. The van der Waals surface area contributed by atoms with Gasteiger partial charge in [0, 0.05) is 6.20 Å². The molecule has 0 bridgehead atoms. The fourth-order valence-electron chi connectivity index (χ4n) is 1.22. The Balaban J connectivity index is 2.39. The number of hydrogen-bond acceptors (Lipinski definition) is 3. The Hall–Kier alpha value is -1.48. The van der Waals surface area contributed by atoms with E-state index in [0.29, 0.717) is 5.69 Å². The van der Waals surface area contributed by atoms with E-state index in [1.165, 1.54) is 11.3 Å². The Kier molecular flexibility index (Phi) is 2.41. The summed E-state index contributed by atoms with van der Waals surface area (Å²) in [5.74, 6) is 0.0121. The van der Waals surface area contributed by atoms with Gasteiger partial charge in [-0.15, -0.1) is 11.3 Å². The van der Waals surface area contributed by atoms with Crippen molar-refractivity contribution in [1.29, 1.82) is 0 Å². The molecule has 0 saturated heterocycles. The first-order valence-corrected chi connectivity index (χ1v) is 5.17. The van der Waals surface area contributed by atoms with Gasteiger partial charge in [0.25, 0.3) is 0 Å². The van der Waals surface area contributed by atoms with Crippen molar-refractivity contribution in [2.75, 3.05) is 0 Å². The van der Waals surface area contributed by atoms with Crippen LogP contribution in [0.25, 0.3) is 0 Å². The summed E-state index contributed by atoms with van der Waals surface area (Å²) >= 11 is 1.46. The molecular formula is C11H9NOS. The predicted octanol–water partition coefficient (Wildman–Crippen LogP) is 2.68. The Morgan fingerprint density at radius 2 is 2.21 bits per heavy atom. The van der Waals surface area contributed by atoms with Gasteiger partial charge in [0.1, 0.15) is 5.69 Å². The summed E-state index contributed by atoms with van der Waals surface area (Å²) in [6, 6.07) is 7.31. The minimum atomic E-state index is 0.0121. The summed E-state index contributed by atoms with van der Waals surface area (Å²) in [7, 11) is 0. The number of hydrogen-bond donors (Lipinski definition) is 0. The zero-order chi connectivity index (χ0) is 9.97. The predicted molar refractivity (Wildman–Crippen MR) is 56.7 cm³/mol.